The summed E-state index contributed by atoms with van der Waals surface area (Å²) in [4.78, 5) is 17.9. The summed E-state index contributed by atoms with van der Waals surface area (Å²) in [5.74, 6) is 0.813. The maximum atomic E-state index is 12.6. The second-order valence-electron chi connectivity index (χ2n) is 5.87. The molecule has 1 aromatic carbocycles. The summed E-state index contributed by atoms with van der Waals surface area (Å²) in [7, 11) is 1.62. The highest BCUT2D eigenvalue weighted by molar-refractivity contribution is 7.22. The highest BCUT2D eigenvalue weighted by Gasteiger charge is 2.24. The fraction of sp³-hybridized carbons (Fsp3) is 0.278. The van der Waals surface area contributed by atoms with Crippen LogP contribution in [0.25, 0.3) is 9.88 Å². The van der Waals surface area contributed by atoms with E-state index in [0.717, 1.165) is 33.9 Å². The lowest BCUT2D eigenvalue weighted by Gasteiger charge is -2.34. The standard InChI is InChI=1S/C18H18N4O2S2/c1-24-14-6-4-13(5-7-14)17(23)21-8-10-22(11-9-21)18-20-19-16(26-18)15-3-2-12-25-15/h2-7,12H,8-11H2,1H3. The first-order valence-corrected chi connectivity index (χ1v) is 10.00. The number of methoxy groups -OCH3 is 1. The molecular formula is C18H18N4O2S2. The average molecular weight is 387 g/mol. The van der Waals surface area contributed by atoms with E-state index in [9.17, 15) is 4.79 Å². The minimum atomic E-state index is 0.0591. The van der Waals surface area contributed by atoms with Gasteiger partial charge in [0.2, 0.25) is 5.13 Å². The summed E-state index contributed by atoms with van der Waals surface area (Å²) in [6.07, 6.45) is 0. The highest BCUT2D eigenvalue weighted by atomic mass is 32.1. The Morgan fingerprint density at radius 2 is 1.85 bits per heavy atom. The van der Waals surface area contributed by atoms with Crippen LogP contribution in [0, 0.1) is 0 Å². The zero-order chi connectivity index (χ0) is 17.9. The van der Waals surface area contributed by atoms with Crippen molar-refractivity contribution < 1.29 is 9.53 Å². The Kier molecular flexibility index (Phi) is 4.85. The zero-order valence-electron chi connectivity index (χ0n) is 14.3. The third-order valence-electron chi connectivity index (χ3n) is 4.32. The first-order valence-electron chi connectivity index (χ1n) is 8.30. The Labute approximate surface area is 159 Å². The summed E-state index contributed by atoms with van der Waals surface area (Å²) >= 11 is 3.27. The van der Waals surface area contributed by atoms with E-state index in [1.165, 1.54) is 0 Å². The predicted octanol–water partition coefficient (Wildman–Crippen LogP) is 3.24. The molecule has 2 aromatic heterocycles. The molecule has 0 bridgehead atoms. The van der Waals surface area contributed by atoms with Crippen molar-refractivity contribution >= 4 is 33.7 Å². The van der Waals surface area contributed by atoms with Crippen molar-refractivity contribution in [2.24, 2.45) is 0 Å². The highest BCUT2D eigenvalue weighted by Crippen LogP contribution is 2.31. The summed E-state index contributed by atoms with van der Waals surface area (Å²) in [5.41, 5.74) is 0.690. The number of thiophene rings is 1. The largest absolute Gasteiger partial charge is 0.497 e. The molecule has 4 rings (SSSR count). The fourth-order valence-corrected chi connectivity index (χ4v) is 4.55. The van der Waals surface area contributed by atoms with Gasteiger partial charge < -0.3 is 14.5 Å². The van der Waals surface area contributed by atoms with E-state index in [2.05, 4.69) is 21.2 Å². The normalized spacial score (nSPS) is 14.5. The van der Waals surface area contributed by atoms with E-state index >= 15 is 0 Å². The Hall–Kier alpha value is -2.45. The van der Waals surface area contributed by atoms with Crippen LogP contribution in [-0.2, 0) is 0 Å². The third-order valence-corrected chi connectivity index (χ3v) is 6.34. The van der Waals surface area contributed by atoms with Crippen LogP contribution < -0.4 is 9.64 Å². The molecule has 0 radical (unpaired) electrons. The van der Waals surface area contributed by atoms with Crippen LogP contribution in [0.3, 0.4) is 0 Å². The molecule has 0 saturated carbocycles. The number of anilines is 1. The molecule has 8 heteroatoms. The van der Waals surface area contributed by atoms with Crippen LogP contribution in [0.4, 0.5) is 5.13 Å². The molecular weight excluding hydrogens is 368 g/mol. The van der Waals surface area contributed by atoms with E-state index < -0.39 is 0 Å². The van der Waals surface area contributed by atoms with Gasteiger partial charge in [-0.2, -0.15) is 0 Å². The van der Waals surface area contributed by atoms with Gasteiger partial charge in [-0.05, 0) is 35.7 Å². The number of piperazine rings is 1. The van der Waals surface area contributed by atoms with Crippen molar-refractivity contribution in [2.75, 3.05) is 38.2 Å². The van der Waals surface area contributed by atoms with Gasteiger partial charge in [0.1, 0.15) is 5.75 Å². The Morgan fingerprint density at radius 1 is 1.08 bits per heavy atom. The molecule has 0 N–H and O–H groups in total. The third kappa shape index (κ3) is 3.42. The van der Waals surface area contributed by atoms with Crippen molar-refractivity contribution in [3.05, 3.63) is 47.3 Å². The van der Waals surface area contributed by atoms with Crippen LogP contribution in [0.1, 0.15) is 10.4 Å². The quantitative estimate of drug-likeness (QED) is 0.689. The smallest absolute Gasteiger partial charge is 0.253 e. The molecule has 134 valence electrons. The van der Waals surface area contributed by atoms with Crippen LogP contribution in [0.2, 0.25) is 0 Å². The van der Waals surface area contributed by atoms with E-state index in [-0.39, 0.29) is 5.91 Å². The Morgan fingerprint density at radius 3 is 2.50 bits per heavy atom. The first-order chi connectivity index (χ1) is 12.7. The molecule has 0 spiro atoms. The minimum Gasteiger partial charge on any atom is -0.497 e. The van der Waals surface area contributed by atoms with E-state index in [1.807, 2.05) is 40.6 Å². The number of aromatic nitrogens is 2. The second-order valence-corrected chi connectivity index (χ2v) is 7.78. The number of carbonyl (C=O) groups excluding carboxylic acids is 1. The zero-order valence-corrected chi connectivity index (χ0v) is 15.9. The monoisotopic (exact) mass is 386 g/mol. The number of carbonyl (C=O) groups is 1. The van der Waals surface area contributed by atoms with Gasteiger partial charge in [0.15, 0.2) is 5.01 Å². The van der Waals surface area contributed by atoms with Gasteiger partial charge in [-0.25, -0.2) is 0 Å². The topological polar surface area (TPSA) is 58.6 Å². The molecule has 1 amide bonds. The molecule has 1 aliphatic rings. The van der Waals surface area contributed by atoms with E-state index in [1.54, 1.807) is 29.8 Å². The van der Waals surface area contributed by atoms with Gasteiger partial charge in [0.05, 0.1) is 12.0 Å². The van der Waals surface area contributed by atoms with Crippen molar-refractivity contribution in [1.29, 1.82) is 0 Å². The van der Waals surface area contributed by atoms with E-state index in [4.69, 9.17) is 4.74 Å². The van der Waals surface area contributed by atoms with Crippen molar-refractivity contribution in [3.8, 4) is 15.6 Å². The SMILES string of the molecule is COc1ccc(C(=O)N2CCN(c3nnc(-c4cccs4)s3)CC2)cc1. The number of benzene rings is 1. The molecule has 0 aliphatic carbocycles. The summed E-state index contributed by atoms with van der Waals surface area (Å²) in [6, 6.07) is 11.3. The molecule has 0 atom stereocenters. The van der Waals surface area contributed by atoms with Gasteiger partial charge >= 0.3 is 0 Å². The molecule has 1 aliphatic heterocycles. The number of nitrogens with zero attached hydrogens (tertiary/aromatic N) is 4. The minimum absolute atomic E-state index is 0.0591. The van der Waals surface area contributed by atoms with Crippen LogP contribution in [-0.4, -0.2) is 54.3 Å². The molecule has 26 heavy (non-hydrogen) atoms. The van der Waals surface area contributed by atoms with Gasteiger partial charge in [-0.3, -0.25) is 4.79 Å². The maximum absolute atomic E-state index is 12.6. The lowest BCUT2D eigenvalue weighted by atomic mass is 10.1. The van der Waals surface area contributed by atoms with Gasteiger partial charge in [0.25, 0.3) is 5.91 Å². The van der Waals surface area contributed by atoms with Crippen molar-refractivity contribution in [1.82, 2.24) is 15.1 Å². The number of hydrogen-bond donors (Lipinski definition) is 0. The molecule has 1 saturated heterocycles. The van der Waals surface area contributed by atoms with Crippen molar-refractivity contribution in [2.45, 2.75) is 0 Å². The first kappa shape index (κ1) is 17.0. The van der Waals surface area contributed by atoms with Crippen LogP contribution in [0.5, 0.6) is 5.75 Å². The Balaban J connectivity index is 1.38. The van der Waals surface area contributed by atoms with Gasteiger partial charge in [-0.15, -0.1) is 21.5 Å². The summed E-state index contributed by atoms with van der Waals surface area (Å²) in [6.45, 7) is 2.89. The fourth-order valence-electron chi connectivity index (χ4n) is 2.86. The molecule has 0 unspecified atom stereocenters. The van der Waals surface area contributed by atoms with E-state index in [0.29, 0.717) is 18.7 Å². The van der Waals surface area contributed by atoms with Crippen LogP contribution >= 0.6 is 22.7 Å². The second kappa shape index (κ2) is 7.43. The Bertz CT molecular complexity index is 869. The van der Waals surface area contributed by atoms with Gasteiger partial charge in [0, 0.05) is 31.7 Å². The molecule has 3 aromatic rings. The predicted molar refractivity (Wildman–Crippen MR) is 104 cm³/mol. The average Bonchev–Trinajstić information content (AvgIpc) is 3.39. The molecule has 6 nitrogen and oxygen atoms in total. The van der Waals surface area contributed by atoms with Crippen LogP contribution in [0.15, 0.2) is 41.8 Å². The number of hydrogen-bond acceptors (Lipinski definition) is 7. The number of ether oxygens (including phenoxy) is 1. The molecule has 3 heterocycles. The summed E-state index contributed by atoms with van der Waals surface area (Å²) in [5, 5.41) is 12.5. The maximum Gasteiger partial charge on any atom is 0.253 e. The number of rotatable bonds is 4. The molecule has 1 fully saturated rings. The van der Waals surface area contributed by atoms with Crippen molar-refractivity contribution in [3.63, 3.8) is 0 Å². The van der Waals surface area contributed by atoms with Gasteiger partial charge in [-0.1, -0.05) is 17.4 Å². The number of amides is 1. The lowest BCUT2D eigenvalue weighted by Crippen LogP contribution is -2.48. The lowest BCUT2D eigenvalue weighted by molar-refractivity contribution is 0.0746. The summed E-state index contributed by atoms with van der Waals surface area (Å²) < 4.78 is 5.14.